The van der Waals surface area contributed by atoms with Gasteiger partial charge in [0.15, 0.2) is 5.13 Å². The molecule has 0 fully saturated rings. The van der Waals surface area contributed by atoms with Crippen LogP contribution in [0, 0.1) is 13.8 Å². The van der Waals surface area contributed by atoms with Crippen LogP contribution in [0.4, 0.5) is 5.13 Å². The average Bonchev–Trinajstić information content (AvgIpc) is 3.29. The van der Waals surface area contributed by atoms with Gasteiger partial charge in [0.2, 0.25) is 0 Å². The molecular formula is C23H21ClN4OS. The Morgan fingerprint density at radius 2 is 1.93 bits per heavy atom. The number of nitrogens with zero attached hydrogens (tertiary/aromatic N) is 4. The van der Waals surface area contributed by atoms with Crippen molar-refractivity contribution in [3.8, 4) is 0 Å². The molecule has 0 radical (unpaired) electrons. The molecule has 0 aliphatic heterocycles. The van der Waals surface area contributed by atoms with E-state index in [-0.39, 0.29) is 5.91 Å². The summed E-state index contributed by atoms with van der Waals surface area (Å²) in [6, 6.07) is 17.4. The SMILES string of the molecule is Cc1cc(C)n(CCN(C(=O)C=Cc2ccccc2Cl)c2nc3ccccc3s2)n1. The summed E-state index contributed by atoms with van der Waals surface area (Å²) in [7, 11) is 0. The van der Waals surface area contributed by atoms with Crippen LogP contribution in [0.2, 0.25) is 5.02 Å². The first-order chi connectivity index (χ1) is 14.5. The van der Waals surface area contributed by atoms with Crippen LogP contribution in [0.3, 0.4) is 0 Å². The zero-order valence-corrected chi connectivity index (χ0v) is 18.3. The van der Waals surface area contributed by atoms with Gasteiger partial charge in [-0.1, -0.05) is 53.3 Å². The maximum Gasteiger partial charge on any atom is 0.252 e. The van der Waals surface area contributed by atoms with E-state index >= 15 is 0 Å². The van der Waals surface area contributed by atoms with Crippen LogP contribution in [0.5, 0.6) is 0 Å². The standard InChI is InChI=1S/C23H21ClN4OS/c1-16-15-17(2)28(26-16)14-13-27(23-25-20-9-5-6-10-21(20)30-23)22(29)12-11-18-7-3-4-8-19(18)24/h3-12,15H,13-14H2,1-2H3. The van der Waals surface area contributed by atoms with Crippen molar-refractivity contribution < 1.29 is 4.79 Å². The van der Waals surface area contributed by atoms with E-state index in [0.29, 0.717) is 23.2 Å². The highest BCUT2D eigenvalue weighted by atomic mass is 35.5. The second-order valence-corrected chi connectivity index (χ2v) is 8.38. The minimum absolute atomic E-state index is 0.143. The number of benzene rings is 2. The lowest BCUT2D eigenvalue weighted by atomic mass is 10.2. The summed E-state index contributed by atoms with van der Waals surface area (Å²) in [5, 5.41) is 5.79. The number of para-hydroxylation sites is 1. The fourth-order valence-electron chi connectivity index (χ4n) is 3.23. The van der Waals surface area contributed by atoms with Crippen LogP contribution in [0.25, 0.3) is 16.3 Å². The number of carbonyl (C=O) groups is 1. The minimum Gasteiger partial charge on any atom is -0.283 e. The first kappa shape index (κ1) is 20.3. The zero-order chi connectivity index (χ0) is 21.1. The number of fused-ring (bicyclic) bond motifs is 1. The predicted octanol–water partition coefficient (Wildman–Crippen LogP) is 5.51. The van der Waals surface area contributed by atoms with E-state index in [1.54, 1.807) is 23.1 Å². The van der Waals surface area contributed by atoms with Gasteiger partial charge in [-0.25, -0.2) is 4.98 Å². The highest BCUT2D eigenvalue weighted by Crippen LogP contribution is 2.29. The van der Waals surface area contributed by atoms with Crippen molar-refractivity contribution in [2.45, 2.75) is 20.4 Å². The number of halogens is 1. The molecule has 2 aromatic carbocycles. The molecule has 0 saturated heterocycles. The third-order valence-electron chi connectivity index (χ3n) is 4.73. The van der Waals surface area contributed by atoms with Crippen molar-refractivity contribution in [2.24, 2.45) is 0 Å². The molecule has 4 rings (SSSR count). The first-order valence-electron chi connectivity index (χ1n) is 9.62. The highest BCUT2D eigenvalue weighted by molar-refractivity contribution is 7.22. The lowest BCUT2D eigenvalue weighted by Crippen LogP contribution is -2.33. The first-order valence-corrected chi connectivity index (χ1v) is 10.8. The van der Waals surface area contributed by atoms with Crippen molar-refractivity contribution in [3.05, 3.63) is 82.6 Å². The van der Waals surface area contributed by atoms with Crippen LogP contribution in [0.1, 0.15) is 17.0 Å². The number of amides is 1. The van der Waals surface area contributed by atoms with Crippen LogP contribution in [0.15, 0.2) is 60.7 Å². The zero-order valence-electron chi connectivity index (χ0n) is 16.7. The van der Waals surface area contributed by atoms with Crippen molar-refractivity contribution in [2.75, 3.05) is 11.4 Å². The molecule has 2 aromatic heterocycles. The van der Waals surface area contributed by atoms with E-state index in [4.69, 9.17) is 11.6 Å². The Hall–Kier alpha value is -2.96. The normalized spacial score (nSPS) is 11.4. The fraction of sp³-hybridized carbons (Fsp3) is 0.174. The van der Waals surface area contributed by atoms with E-state index < -0.39 is 0 Å². The topological polar surface area (TPSA) is 51.0 Å². The summed E-state index contributed by atoms with van der Waals surface area (Å²) in [5.41, 5.74) is 3.71. The Balaban J connectivity index is 1.62. The van der Waals surface area contributed by atoms with Gasteiger partial charge in [-0.15, -0.1) is 0 Å². The molecule has 0 atom stereocenters. The number of thiazole rings is 1. The summed E-state index contributed by atoms with van der Waals surface area (Å²) >= 11 is 7.73. The summed E-state index contributed by atoms with van der Waals surface area (Å²) in [5.74, 6) is -0.143. The van der Waals surface area contributed by atoms with Crippen molar-refractivity contribution in [3.63, 3.8) is 0 Å². The lowest BCUT2D eigenvalue weighted by molar-refractivity contribution is -0.114. The molecule has 152 valence electrons. The monoisotopic (exact) mass is 436 g/mol. The Labute approximate surface area is 184 Å². The third kappa shape index (κ3) is 4.45. The molecule has 7 heteroatoms. The number of hydrogen-bond acceptors (Lipinski definition) is 4. The summed E-state index contributed by atoms with van der Waals surface area (Å²) in [6.45, 7) is 5.03. The van der Waals surface area contributed by atoms with Gasteiger partial charge in [0, 0.05) is 23.3 Å². The van der Waals surface area contributed by atoms with Gasteiger partial charge in [0.25, 0.3) is 5.91 Å². The Kier molecular flexibility index (Phi) is 5.97. The van der Waals surface area contributed by atoms with Crippen LogP contribution in [-0.4, -0.2) is 27.2 Å². The number of rotatable bonds is 6. The molecule has 5 nitrogen and oxygen atoms in total. The Morgan fingerprint density at radius 1 is 1.17 bits per heavy atom. The number of aromatic nitrogens is 3. The van der Waals surface area contributed by atoms with E-state index in [1.165, 1.54) is 11.3 Å². The smallest absolute Gasteiger partial charge is 0.252 e. The molecular weight excluding hydrogens is 416 g/mol. The maximum atomic E-state index is 13.1. The average molecular weight is 437 g/mol. The second kappa shape index (κ2) is 8.81. The van der Waals surface area contributed by atoms with Crippen LogP contribution in [-0.2, 0) is 11.3 Å². The maximum absolute atomic E-state index is 13.1. The van der Waals surface area contributed by atoms with E-state index in [2.05, 4.69) is 10.1 Å². The van der Waals surface area contributed by atoms with E-state index in [1.807, 2.05) is 67.1 Å². The minimum atomic E-state index is -0.143. The molecule has 1 amide bonds. The van der Waals surface area contributed by atoms with Gasteiger partial charge in [-0.3, -0.25) is 14.4 Å². The molecule has 2 heterocycles. The second-order valence-electron chi connectivity index (χ2n) is 6.96. The molecule has 0 N–H and O–H groups in total. The van der Waals surface area contributed by atoms with Gasteiger partial charge in [0.05, 0.1) is 22.5 Å². The van der Waals surface area contributed by atoms with E-state index in [0.717, 1.165) is 27.2 Å². The molecule has 30 heavy (non-hydrogen) atoms. The van der Waals surface area contributed by atoms with Crippen molar-refractivity contribution >= 4 is 50.3 Å². The quantitative estimate of drug-likeness (QED) is 0.374. The fourth-order valence-corrected chi connectivity index (χ4v) is 4.43. The summed E-state index contributed by atoms with van der Waals surface area (Å²) < 4.78 is 2.97. The van der Waals surface area contributed by atoms with Gasteiger partial charge in [0.1, 0.15) is 0 Å². The molecule has 0 spiro atoms. The molecule has 0 unspecified atom stereocenters. The summed E-state index contributed by atoms with van der Waals surface area (Å²) in [6.07, 6.45) is 3.29. The van der Waals surface area contributed by atoms with E-state index in [9.17, 15) is 4.79 Å². The van der Waals surface area contributed by atoms with Crippen LogP contribution < -0.4 is 4.90 Å². The Morgan fingerprint density at radius 3 is 2.67 bits per heavy atom. The van der Waals surface area contributed by atoms with Crippen molar-refractivity contribution in [1.82, 2.24) is 14.8 Å². The molecule has 0 aliphatic rings. The lowest BCUT2D eigenvalue weighted by Gasteiger charge is -2.18. The number of carbonyl (C=O) groups excluding carboxylic acids is 1. The number of aryl methyl sites for hydroxylation is 2. The predicted molar refractivity (Wildman–Crippen MR) is 124 cm³/mol. The van der Waals surface area contributed by atoms with Gasteiger partial charge in [-0.05, 0) is 49.8 Å². The van der Waals surface area contributed by atoms with Gasteiger partial charge in [-0.2, -0.15) is 5.10 Å². The van der Waals surface area contributed by atoms with Crippen molar-refractivity contribution in [1.29, 1.82) is 0 Å². The summed E-state index contributed by atoms with van der Waals surface area (Å²) in [4.78, 5) is 19.5. The van der Waals surface area contributed by atoms with Crippen LogP contribution >= 0.6 is 22.9 Å². The Bertz CT molecular complexity index is 1190. The molecule has 0 bridgehead atoms. The molecule has 0 saturated carbocycles. The molecule has 4 aromatic rings. The third-order valence-corrected chi connectivity index (χ3v) is 6.13. The largest absolute Gasteiger partial charge is 0.283 e. The highest BCUT2D eigenvalue weighted by Gasteiger charge is 2.18. The molecule has 0 aliphatic carbocycles. The van der Waals surface area contributed by atoms with Gasteiger partial charge < -0.3 is 0 Å². The number of hydrogen-bond donors (Lipinski definition) is 0. The van der Waals surface area contributed by atoms with Gasteiger partial charge >= 0.3 is 0 Å². The number of anilines is 1.